The molecule has 1 unspecified atom stereocenters. The van der Waals surface area contributed by atoms with E-state index in [1.807, 2.05) is 0 Å². The number of carbonyl (C=O) groups is 2. The minimum atomic E-state index is -0.818. The van der Waals surface area contributed by atoms with Crippen LogP contribution >= 0.6 is 11.3 Å². The maximum atomic E-state index is 11.6. The van der Waals surface area contributed by atoms with E-state index in [1.165, 1.54) is 11.3 Å². The number of hydrogen-bond donors (Lipinski definition) is 1. The zero-order chi connectivity index (χ0) is 11.5. The summed E-state index contributed by atoms with van der Waals surface area (Å²) in [6.07, 6.45) is 2.49. The lowest BCUT2D eigenvalue weighted by Crippen LogP contribution is -2.41. The molecular formula is C10H12N2O3S. The average Bonchev–Trinajstić information content (AvgIpc) is 2.73. The fourth-order valence-corrected chi connectivity index (χ4v) is 2.39. The average molecular weight is 240 g/mol. The van der Waals surface area contributed by atoms with Gasteiger partial charge in [0.2, 0.25) is 5.91 Å². The van der Waals surface area contributed by atoms with Gasteiger partial charge < -0.3 is 10.0 Å². The van der Waals surface area contributed by atoms with Crippen molar-refractivity contribution in [2.75, 3.05) is 6.54 Å². The number of aromatic nitrogens is 1. The Morgan fingerprint density at radius 1 is 1.69 bits per heavy atom. The number of thiazole rings is 1. The molecule has 1 saturated heterocycles. The summed E-state index contributed by atoms with van der Waals surface area (Å²) < 4.78 is 0. The van der Waals surface area contributed by atoms with E-state index in [4.69, 9.17) is 5.11 Å². The van der Waals surface area contributed by atoms with Crippen LogP contribution in [0.1, 0.15) is 17.7 Å². The molecule has 1 aromatic heterocycles. The molecule has 0 aromatic carbocycles. The smallest absolute Gasteiger partial charge is 0.308 e. The van der Waals surface area contributed by atoms with E-state index in [0.717, 1.165) is 4.88 Å². The van der Waals surface area contributed by atoms with Crippen LogP contribution in [0.15, 0.2) is 11.7 Å². The Kier molecular flexibility index (Phi) is 3.19. The summed E-state index contributed by atoms with van der Waals surface area (Å²) in [4.78, 5) is 29.0. The van der Waals surface area contributed by atoms with Crippen molar-refractivity contribution in [2.24, 2.45) is 5.92 Å². The summed E-state index contributed by atoms with van der Waals surface area (Å²) in [5.41, 5.74) is 1.71. The van der Waals surface area contributed by atoms with Crippen molar-refractivity contribution in [3.8, 4) is 0 Å². The number of carboxylic acid groups (broad SMARTS) is 1. The Hall–Kier alpha value is -1.43. The van der Waals surface area contributed by atoms with Gasteiger partial charge in [-0.05, 0) is 6.42 Å². The topological polar surface area (TPSA) is 70.5 Å². The third-order valence-corrected chi connectivity index (χ3v) is 3.44. The van der Waals surface area contributed by atoms with Crippen LogP contribution in [0.5, 0.6) is 0 Å². The van der Waals surface area contributed by atoms with Crippen LogP contribution in [0.2, 0.25) is 0 Å². The molecule has 2 heterocycles. The van der Waals surface area contributed by atoms with Crippen LogP contribution in [0.3, 0.4) is 0 Å². The van der Waals surface area contributed by atoms with Gasteiger partial charge in [0.1, 0.15) is 0 Å². The van der Waals surface area contributed by atoms with E-state index in [0.29, 0.717) is 25.9 Å². The number of piperidine rings is 1. The summed E-state index contributed by atoms with van der Waals surface area (Å²) in [6, 6.07) is 0. The molecule has 0 aliphatic carbocycles. The minimum absolute atomic E-state index is 0.0332. The highest BCUT2D eigenvalue weighted by molar-refractivity contribution is 7.09. The van der Waals surface area contributed by atoms with Gasteiger partial charge in [0.05, 0.1) is 18.0 Å². The molecule has 1 amide bonds. The first kappa shape index (κ1) is 11.1. The Morgan fingerprint density at radius 2 is 2.50 bits per heavy atom. The zero-order valence-electron chi connectivity index (χ0n) is 8.63. The molecule has 5 nitrogen and oxygen atoms in total. The third kappa shape index (κ3) is 2.38. The van der Waals surface area contributed by atoms with Crippen LogP contribution in [-0.2, 0) is 16.1 Å². The molecule has 0 spiro atoms. The van der Waals surface area contributed by atoms with Crippen LogP contribution < -0.4 is 0 Å². The van der Waals surface area contributed by atoms with Crippen LogP contribution in [-0.4, -0.2) is 33.4 Å². The number of aliphatic carboxylic acids is 1. The molecule has 16 heavy (non-hydrogen) atoms. The van der Waals surface area contributed by atoms with E-state index in [9.17, 15) is 9.59 Å². The van der Waals surface area contributed by atoms with Gasteiger partial charge in [0.25, 0.3) is 0 Å². The van der Waals surface area contributed by atoms with Crippen molar-refractivity contribution in [1.29, 1.82) is 0 Å². The first-order valence-corrected chi connectivity index (χ1v) is 5.92. The monoisotopic (exact) mass is 240 g/mol. The van der Waals surface area contributed by atoms with E-state index >= 15 is 0 Å². The summed E-state index contributed by atoms with van der Waals surface area (Å²) >= 11 is 1.48. The van der Waals surface area contributed by atoms with Gasteiger partial charge >= 0.3 is 5.97 Å². The molecule has 0 radical (unpaired) electrons. The number of amides is 1. The van der Waals surface area contributed by atoms with Gasteiger partial charge in [0, 0.05) is 24.0 Å². The van der Waals surface area contributed by atoms with E-state index in [-0.39, 0.29) is 5.91 Å². The summed E-state index contributed by atoms with van der Waals surface area (Å²) in [5, 5.41) is 8.92. The van der Waals surface area contributed by atoms with Crippen molar-refractivity contribution in [3.63, 3.8) is 0 Å². The lowest BCUT2D eigenvalue weighted by molar-refractivity contribution is -0.147. The van der Waals surface area contributed by atoms with Crippen LogP contribution in [0.4, 0.5) is 0 Å². The van der Waals surface area contributed by atoms with Gasteiger partial charge in [-0.2, -0.15) is 0 Å². The second kappa shape index (κ2) is 4.61. The summed E-state index contributed by atoms with van der Waals surface area (Å²) in [6.45, 7) is 0.791. The predicted octanol–water partition coefficient (Wildman–Crippen LogP) is 0.966. The molecule has 1 atom stereocenters. The van der Waals surface area contributed by atoms with E-state index in [1.54, 1.807) is 16.6 Å². The predicted molar refractivity (Wildman–Crippen MR) is 57.9 cm³/mol. The number of nitrogens with zero attached hydrogens (tertiary/aromatic N) is 2. The van der Waals surface area contributed by atoms with E-state index < -0.39 is 11.9 Å². The van der Waals surface area contributed by atoms with Crippen LogP contribution in [0.25, 0.3) is 0 Å². The number of rotatable bonds is 3. The molecular weight excluding hydrogens is 228 g/mol. The number of hydrogen-bond acceptors (Lipinski definition) is 4. The molecule has 1 aliphatic heterocycles. The first-order chi connectivity index (χ1) is 7.66. The molecule has 0 bridgehead atoms. The summed E-state index contributed by atoms with van der Waals surface area (Å²) in [7, 11) is 0. The Balaban J connectivity index is 2.01. The second-order valence-corrected chi connectivity index (χ2v) is 4.79. The molecule has 6 heteroatoms. The Labute approximate surface area is 96.7 Å². The molecule has 1 fully saturated rings. The van der Waals surface area contributed by atoms with Gasteiger partial charge in [0.15, 0.2) is 0 Å². The zero-order valence-corrected chi connectivity index (χ0v) is 9.44. The van der Waals surface area contributed by atoms with Crippen molar-refractivity contribution >= 4 is 23.2 Å². The van der Waals surface area contributed by atoms with Gasteiger partial charge in [-0.25, -0.2) is 0 Å². The minimum Gasteiger partial charge on any atom is -0.481 e. The maximum absolute atomic E-state index is 11.6. The van der Waals surface area contributed by atoms with Crippen molar-refractivity contribution in [3.05, 3.63) is 16.6 Å². The van der Waals surface area contributed by atoms with Crippen molar-refractivity contribution in [2.45, 2.75) is 19.4 Å². The highest BCUT2D eigenvalue weighted by Crippen LogP contribution is 2.20. The second-order valence-electron chi connectivity index (χ2n) is 3.82. The number of carboxylic acids is 1. The lowest BCUT2D eigenvalue weighted by atomic mass is 9.98. The lowest BCUT2D eigenvalue weighted by Gasteiger charge is -2.30. The molecule has 1 aromatic rings. The SMILES string of the molecule is O=C(O)C1CCC(=O)N(Cc2cncs2)C1. The Morgan fingerprint density at radius 3 is 3.12 bits per heavy atom. The fourth-order valence-electron chi connectivity index (χ4n) is 1.78. The van der Waals surface area contributed by atoms with Gasteiger partial charge in [-0.1, -0.05) is 0 Å². The Bertz CT molecular complexity index is 391. The van der Waals surface area contributed by atoms with Crippen molar-refractivity contribution in [1.82, 2.24) is 9.88 Å². The van der Waals surface area contributed by atoms with Gasteiger partial charge in [-0.15, -0.1) is 11.3 Å². The molecule has 2 rings (SSSR count). The molecule has 0 saturated carbocycles. The normalized spacial score (nSPS) is 21.1. The first-order valence-electron chi connectivity index (χ1n) is 5.05. The maximum Gasteiger partial charge on any atom is 0.308 e. The molecule has 1 aliphatic rings. The van der Waals surface area contributed by atoms with E-state index in [2.05, 4.69) is 4.98 Å². The highest BCUT2D eigenvalue weighted by atomic mass is 32.1. The quantitative estimate of drug-likeness (QED) is 0.854. The van der Waals surface area contributed by atoms with Gasteiger partial charge in [-0.3, -0.25) is 14.6 Å². The standard InChI is InChI=1S/C10H12N2O3S/c13-9-2-1-7(10(14)15)4-12(9)5-8-3-11-6-16-8/h3,6-7H,1-2,4-5H2,(H,14,15). The largest absolute Gasteiger partial charge is 0.481 e. The molecule has 86 valence electrons. The third-order valence-electron chi connectivity index (χ3n) is 2.68. The van der Waals surface area contributed by atoms with Crippen LogP contribution in [0, 0.1) is 5.92 Å². The highest BCUT2D eigenvalue weighted by Gasteiger charge is 2.30. The summed E-state index contributed by atoms with van der Waals surface area (Å²) in [5.74, 6) is -1.21. The molecule has 1 N–H and O–H groups in total. The fraction of sp³-hybridized carbons (Fsp3) is 0.500. The number of carbonyl (C=O) groups excluding carboxylic acids is 1. The van der Waals surface area contributed by atoms with Crippen molar-refractivity contribution < 1.29 is 14.7 Å². The number of likely N-dealkylation sites (tertiary alicyclic amines) is 1.